The summed E-state index contributed by atoms with van der Waals surface area (Å²) in [5, 5.41) is 4.94. The van der Waals surface area contributed by atoms with Gasteiger partial charge in [-0.15, -0.1) is 0 Å². The van der Waals surface area contributed by atoms with Crippen molar-refractivity contribution in [2.45, 2.75) is 0 Å². The number of ether oxygens (including phenoxy) is 1. The highest BCUT2D eigenvalue weighted by molar-refractivity contribution is 6.53. The maximum absolute atomic E-state index is 13.3. The molecule has 0 fully saturated rings. The predicted octanol–water partition coefficient (Wildman–Crippen LogP) is 4.95. The molecule has 182 valence electrons. The first-order valence-corrected chi connectivity index (χ1v) is 11.1. The molecule has 1 aliphatic rings. The van der Waals surface area contributed by atoms with Gasteiger partial charge in [0.05, 0.1) is 23.4 Å². The third-order valence-electron chi connectivity index (χ3n) is 5.15. The summed E-state index contributed by atoms with van der Waals surface area (Å²) in [5.74, 6) is -3.18. The number of esters is 1. The van der Waals surface area contributed by atoms with Gasteiger partial charge in [-0.1, -0.05) is 29.3 Å². The van der Waals surface area contributed by atoms with E-state index in [2.05, 4.69) is 15.4 Å². The molecule has 0 saturated heterocycles. The molecule has 2 N–H and O–H groups in total. The Morgan fingerprint density at radius 1 is 0.889 bits per heavy atom. The van der Waals surface area contributed by atoms with Gasteiger partial charge in [-0.2, -0.15) is 0 Å². The minimum Gasteiger partial charge on any atom is -0.465 e. The molecular formula is C25H16Cl2FN3O5. The van der Waals surface area contributed by atoms with Crippen LogP contribution in [-0.2, 0) is 14.3 Å². The summed E-state index contributed by atoms with van der Waals surface area (Å²) in [6.07, 6.45) is 0. The molecule has 4 rings (SSSR count). The fraction of sp³-hybridized carbons (Fsp3) is 0.0400. The summed E-state index contributed by atoms with van der Waals surface area (Å²) < 4.78 is 18.0. The number of amides is 3. The van der Waals surface area contributed by atoms with Crippen LogP contribution in [0.3, 0.4) is 0 Å². The number of benzene rings is 3. The van der Waals surface area contributed by atoms with E-state index in [1.807, 2.05) is 0 Å². The minimum absolute atomic E-state index is 0.126. The van der Waals surface area contributed by atoms with Gasteiger partial charge in [-0.25, -0.2) is 14.1 Å². The lowest BCUT2D eigenvalue weighted by Gasteiger charge is -2.16. The second kappa shape index (κ2) is 10.2. The summed E-state index contributed by atoms with van der Waals surface area (Å²) in [6.45, 7) is 0. The maximum atomic E-state index is 13.3. The highest BCUT2D eigenvalue weighted by Gasteiger charge is 2.39. The first kappa shape index (κ1) is 24.9. The molecule has 1 aliphatic heterocycles. The minimum atomic E-state index is -0.764. The third kappa shape index (κ3) is 4.93. The number of anilines is 3. The van der Waals surface area contributed by atoms with Crippen LogP contribution in [0.25, 0.3) is 0 Å². The molecule has 0 atom stereocenters. The standard InChI is InChI=1S/C25H16Cl2FN3O5/c1-36-25(35)14-3-2-4-17(11-14)31-23(33)20(27)21(24(31)34)29-15-7-5-13(6-8-15)22(32)30-16-9-10-19(28)18(26)12-16/h2-12,29H,1H3,(H,30,32). The van der Waals surface area contributed by atoms with Crippen molar-refractivity contribution in [1.82, 2.24) is 0 Å². The van der Waals surface area contributed by atoms with Crippen LogP contribution in [0.1, 0.15) is 20.7 Å². The van der Waals surface area contributed by atoms with Gasteiger partial charge in [-0.05, 0) is 60.7 Å². The van der Waals surface area contributed by atoms with Crippen molar-refractivity contribution >= 4 is 64.0 Å². The van der Waals surface area contributed by atoms with Gasteiger partial charge >= 0.3 is 5.97 Å². The van der Waals surface area contributed by atoms with E-state index in [1.54, 1.807) is 0 Å². The number of methoxy groups -OCH3 is 1. The molecule has 3 aromatic rings. The predicted molar refractivity (Wildman–Crippen MR) is 133 cm³/mol. The first-order valence-electron chi connectivity index (χ1n) is 10.3. The molecule has 8 nitrogen and oxygen atoms in total. The van der Waals surface area contributed by atoms with Crippen LogP contribution in [0.5, 0.6) is 0 Å². The maximum Gasteiger partial charge on any atom is 0.337 e. The molecule has 0 saturated carbocycles. The van der Waals surface area contributed by atoms with Crippen LogP contribution in [0.15, 0.2) is 77.5 Å². The van der Waals surface area contributed by atoms with Gasteiger partial charge in [-0.3, -0.25) is 14.4 Å². The number of halogens is 3. The second-order valence-corrected chi connectivity index (χ2v) is 8.25. The van der Waals surface area contributed by atoms with Crippen LogP contribution in [-0.4, -0.2) is 30.8 Å². The first-order chi connectivity index (χ1) is 17.2. The van der Waals surface area contributed by atoms with Gasteiger partial charge in [0.25, 0.3) is 17.7 Å². The summed E-state index contributed by atoms with van der Waals surface area (Å²) >= 11 is 11.9. The Kier molecular flexibility index (Phi) is 7.05. The van der Waals surface area contributed by atoms with E-state index in [-0.39, 0.29) is 32.6 Å². The summed E-state index contributed by atoms with van der Waals surface area (Å²) in [5.41, 5.74) is 1.12. The molecule has 0 spiro atoms. The van der Waals surface area contributed by atoms with Crippen molar-refractivity contribution in [2.75, 3.05) is 22.6 Å². The van der Waals surface area contributed by atoms with Crippen LogP contribution in [0.2, 0.25) is 5.02 Å². The molecule has 0 radical (unpaired) electrons. The van der Waals surface area contributed by atoms with Gasteiger partial charge in [0.15, 0.2) is 0 Å². The molecule has 0 bridgehead atoms. The van der Waals surface area contributed by atoms with Crippen molar-refractivity contribution in [2.24, 2.45) is 0 Å². The van der Waals surface area contributed by atoms with Crippen molar-refractivity contribution in [3.63, 3.8) is 0 Å². The number of hydrogen-bond acceptors (Lipinski definition) is 6. The Morgan fingerprint density at radius 3 is 2.25 bits per heavy atom. The average molecular weight is 528 g/mol. The molecule has 3 aromatic carbocycles. The van der Waals surface area contributed by atoms with Crippen molar-refractivity contribution < 1.29 is 28.3 Å². The van der Waals surface area contributed by atoms with E-state index < -0.39 is 29.5 Å². The Hall–Kier alpha value is -4.21. The van der Waals surface area contributed by atoms with Crippen molar-refractivity contribution in [3.8, 4) is 0 Å². The summed E-state index contributed by atoms with van der Waals surface area (Å²) in [7, 11) is 1.22. The summed E-state index contributed by atoms with van der Waals surface area (Å²) in [4.78, 5) is 50.8. The molecular weight excluding hydrogens is 512 g/mol. The number of carbonyl (C=O) groups excluding carboxylic acids is 4. The zero-order valence-corrected chi connectivity index (χ0v) is 20.0. The second-order valence-electron chi connectivity index (χ2n) is 7.46. The van der Waals surface area contributed by atoms with Crippen LogP contribution < -0.4 is 15.5 Å². The van der Waals surface area contributed by atoms with Crippen LogP contribution in [0.4, 0.5) is 21.5 Å². The lowest BCUT2D eigenvalue weighted by Crippen LogP contribution is -2.32. The Balaban J connectivity index is 1.48. The highest BCUT2D eigenvalue weighted by Crippen LogP contribution is 2.31. The molecule has 1 heterocycles. The molecule has 0 aliphatic carbocycles. The molecule has 0 aromatic heterocycles. The molecule has 0 unspecified atom stereocenters. The van der Waals surface area contributed by atoms with E-state index in [0.717, 1.165) is 11.0 Å². The van der Waals surface area contributed by atoms with Gasteiger partial charge in [0.2, 0.25) is 0 Å². The van der Waals surface area contributed by atoms with E-state index >= 15 is 0 Å². The number of carbonyl (C=O) groups is 4. The Bertz CT molecular complexity index is 1440. The lowest BCUT2D eigenvalue weighted by molar-refractivity contribution is -0.120. The molecule has 3 amide bonds. The average Bonchev–Trinajstić information content (AvgIpc) is 3.09. The van der Waals surface area contributed by atoms with Crippen molar-refractivity contribution in [1.29, 1.82) is 0 Å². The molecule has 36 heavy (non-hydrogen) atoms. The fourth-order valence-electron chi connectivity index (χ4n) is 3.36. The number of hydrogen-bond donors (Lipinski definition) is 2. The third-order valence-corrected chi connectivity index (χ3v) is 5.79. The topological polar surface area (TPSA) is 105 Å². The smallest absolute Gasteiger partial charge is 0.337 e. The van der Waals surface area contributed by atoms with E-state index in [9.17, 15) is 23.6 Å². The SMILES string of the molecule is COC(=O)c1cccc(N2C(=O)C(Cl)=C(Nc3ccc(C(=O)Nc4ccc(F)c(Cl)c4)cc3)C2=O)c1. The Morgan fingerprint density at radius 2 is 1.58 bits per heavy atom. The fourth-order valence-corrected chi connectivity index (χ4v) is 3.76. The zero-order chi connectivity index (χ0) is 26.0. The summed E-state index contributed by atoms with van der Waals surface area (Å²) in [6, 6.07) is 15.6. The lowest BCUT2D eigenvalue weighted by atomic mass is 10.1. The normalized spacial score (nSPS) is 13.2. The Labute approximate surface area is 214 Å². The van der Waals surface area contributed by atoms with Crippen molar-refractivity contribution in [3.05, 3.63) is 99.4 Å². The number of nitrogens with one attached hydrogen (secondary N) is 2. The number of rotatable bonds is 6. The molecule has 11 heteroatoms. The number of imide groups is 1. The van der Waals surface area contributed by atoms with Gasteiger partial charge in [0, 0.05) is 16.9 Å². The van der Waals surface area contributed by atoms with E-state index in [0.29, 0.717) is 11.4 Å². The monoisotopic (exact) mass is 527 g/mol. The largest absolute Gasteiger partial charge is 0.465 e. The zero-order valence-electron chi connectivity index (χ0n) is 18.5. The number of nitrogens with zero attached hydrogens (tertiary/aromatic N) is 1. The van der Waals surface area contributed by atoms with Crippen LogP contribution in [0, 0.1) is 5.82 Å². The van der Waals surface area contributed by atoms with Crippen LogP contribution >= 0.6 is 23.2 Å². The highest BCUT2D eigenvalue weighted by atomic mass is 35.5. The van der Waals surface area contributed by atoms with Gasteiger partial charge < -0.3 is 15.4 Å². The quantitative estimate of drug-likeness (QED) is 0.347. The van der Waals surface area contributed by atoms with E-state index in [4.69, 9.17) is 23.2 Å². The van der Waals surface area contributed by atoms with Gasteiger partial charge in [0.1, 0.15) is 16.5 Å². The van der Waals surface area contributed by atoms with E-state index in [1.165, 1.54) is 67.8 Å².